The Kier molecular flexibility index (Phi) is 4.79. The minimum absolute atomic E-state index is 0.217. The number of hydrogen-bond donors (Lipinski definition) is 1. The molecule has 1 aromatic carbocycles. The number of hydrazone groups is 1. The van der Waals surface area contributed by atoms with Crippen LogP contribution in [0, 0.1) is 6.92 Å². The second-order valence-corrected chi connectivity index (χ2v) is 3.41. The maximum atomic E-state index is 11.1. The van der Waals surface area contributed by atoms with Crippen molar-refractivity contribution >= 4 is 28.4 Å². The summed E-state index contributed by atoms with van der Waals surface area (Å²) in [5.74, 6) is -0.634. The Morgan fingerprint density at radius 2 is 2.19 bits per heavy atom. The number of rotatable bonds is 4. The molecule has 0 aliphatic heterocycles. The molecule has 0 fully saturated rings. The van der Waals surface area contributed by atoms with E-state index in [2.05, 4.69) is 15.3 Å². The molecule has 0 unspecified atom stereocenters. The molecule has 0 bridgehead atoms. The maximum absolute atomic E-state index is 11.1. The first-order valence-electron chi connectivity index (χ1n) is 4.87. The van der Waals surface area contributed by atoms with Gasteiger partial charge in [-0.25, -0.2) is 4.79 Å². The normalized spacial score (nSPS) is 11.1. The van der Waals surface area contributed by atoms with Gasteiger partial charge in [-0.05, 0) is 25.5 Å². The van der Waals surface area contributed by atoms with Crippen LogP contribution in [0.4, 0.5) is 5.69 Å². The standard InChI is InChI=1S/C11H13ClN2O2/c1-3-16-11(15)10(12)14-13-9-7-5-4-6-8(9)2/h4-7,13H,3H2,1-2H3/b14-10-. The number of benzene rings is 1. The number of esters is 1. The lowest BCUT2D eigenvalue weighted by Gasteiger charge is -2.04. The molecule has 0 saturated carbocycles. The first-order chi connectivity index (χ1) is 7.65. The van der Waals surface area contributed by atoms with Crippen molar-refractivity contribution < 1.29 is 9.53 Å². The predicted molar refractivity (Wildman–Crippen MR) is 64.7 cm³/mol. The fourth-order valence-electron chi connectivity index (χ4n) is 1.04. The van der Waals surface area contributed by atoms with Crippen LogP contribution in [0.25, 0.3) is 0 Å². The van der Waals surface area contributed by atoms with E-state index in [0.29, 0.717) is 0 Å². The van der Waals surface area contributed by atoms with Gasteiger partial charge in [0.25, 0.3) is 0 Å². The fourth-order valence-corrected chi connectivity index (χ4v) is 1.14. The number of ether oxygens (including phenoxy) is 1. The van der Waals surface area contributed by atoms with E-state index in [1.54, 1.807) is 6.92 Å². The molecular formula is C11H13ClN2O2. The monoisotopic (exact) mass is 240 g/mol. The number of hydrogen-bond acceptors (Lipinski definition) is 4. The molecule has 16 heavy (non-hydrogen) atoms. The number of nitrogens with one attached hydrogen (secondary N) is 1. The third-order valence-corrected chi connectivity index (χ3v) is 2.10. The Balaban J connectivity index is 2.66. The average molecular weight is 241 g/mol. The van der Waals surface area contributed by atoms with Crippen molar-refractivity contribution in [3.8, 4) is 0 Å². The van der Waals surface area contributed by atoms with Crippen LogP contribution in [-0.4, -0.2) is 17.7 Å². The topological polar surface area (TPSA) is 50.7 Å². The fraction of sp³-hybridized carbons (Fsp3) is 0.273. The molecule has 1 aromatic rings. The molecule has 5 heteroatoms. The van der Waals surface area contributed by atoms with Crippen molar-refractivity contribution in [2.24, 2.45) is 5.10 Å². The average Bonchev–Trinajstić information content (AvgIpc) is 2.28. The van der Waals surface area contributed by atoms with Crippen molar-refractivity contribution in [2.45, 2.75) is 13.8 Å². The zero-order valence-corrected chi connectivity index (χ0v) is 9.91. The van der Waals surface area contributed by atoms with Crippen molar-refractivity contribution in [3.05, 3.63) is 29.8 Å². The largest absolute Gasteiger partial charge is 0.461 e. The summed E-state index contributed by atoms with van der Waals surface area (Å²) in [5, 5.41) is 3.51. The van der Waals surface area contributed by atoms with Crippen LogP contribution in [0.3, 0.4) is 0 Å². The number of carbonyl (C=O) groups is 1. The van der Waals surface area contributed by atoms with Crippen molar-refractivity contribution in [1.82, 2.24) is 0 Å². The second-order valence-electron chi connectivity index (χ2n) is 3.05. The summed E-state index contributed by atoms with van der Waals surface area (Å²) in [6.07, 6.45) is 0. The van der Waals surface area contributed by atoms with Crippen LogP contribution < -0.4 is 5.43 Å². The quantitative estimate of drug-likeness (QED) is 0.500. The van der Waals surface area contributed by atoms with Gasteiger partial charge in [-0.1, -0.05) is 29.8 Å². The molecule has 1 N–H and O–H groups in total. The molecule has 0 aliphatic rings. The number of anilines is 1. The van der Waals surface area contributed by atoms with Gasteiger partial charge in [0, 0.05) is 0 Å². The summed E-state index contributed by atoms with van der Waals surface area (Å²) >= 11 is 5.63. The third-order valence-electron chi connectivity index (χ3n) is 1.86. The molecule has 0 radical (unpaired) electrons. The van der Waals surface area contributed by atoms with E-state index in [0.717, 1.165) is 11.3 Å². The van der Waals surface area contributed by atoms with Gasteiger partial charge in [0.1, 0.15) is 0 Å². The molecule has 0 aromatic heterocycles. The van der Waals surface area contributed by atoms with Crippen molar-refractivity contribution in [3.63, 3.8) is 0 Å². The summed E-state index contributed by atoms with van der Waals surface area (Å²) in [4.78, 5) is 11.1. The van der Waals surface area contributed by atoms with Crippen LogP contribution in [0.5, 0.6) is 0 Å². The Morgan fingerprint density at radius 1 is 1.50 bits per heavy atom. The molecule has 4 nitrogen and oxygen atoms in total. The highest BCUT2D eigenvalue weighted by atomic mass is 35.5. The van der Waals surface area contributed by atoms with E-state index < -0.39 is 5.97 Å². The van der Waals surface area contributed by atoms with E-state index in [-0.39, 0.29) is 11.8 Å². The molecule has 0 heterocycles. The highest BCUT2D eigenvalue weighted by Gasteiger charge is 2.08. The van der Waals surface area contributed by atoms with E-state index in [1.165, 1.54) is 0 Å². The third kappa shape index (κ3) is 3.55. The number of carbonyl (C=O) groups excluding carboxylic acids is 1. The molecule has 1 rings (SSSR count). The summed E-state index contributed by atoms with van der Waals surface area (Å²) in [7, 11) is 0. The van der Waals surface area contributed by atoms with E-state index in [9.17, 15) is 4.79 Å². The lowest BCUT2D eigenvalue weighted by molar-refractivity contribution is -0.134. The zero-order valence-electron chi connectivity index (χ0n) is 9.16. The lowest BCUT2D eigenvalue weighted by atomic mass is 10.2. The van der Waals surface area contributed by atoms with Gasteiger partial charge in [0.2, 0.25) is 5.17 Å². The summed E-state index contributed by atoms with van der Waals surface area (Å²) in [6.45, 7) is 3.90. The molecule has 0 aliphatic carbocycles. The minimum Gasteiger partial charge on any atom is -0.461 e. The smallest absolute Gasteiger partial charge is 0.370 e. The highest BCUT2D eigenvalue weighted by molar-refractivity contribution is 6.82. The minimum atomic E-state index is -0.634. The maximum Gasteiger partial charge on any atom is 0.370 e. The number of para-hydroxylation sites is 1. The summed E-state index contributed by atoms with van der Waals surface area (Å²) in [5.41, 5.74) is 4.52. The number of nitrogens with zero attached hydrogens (tertiary/aromatic N) is 1. The van der Waals surface area contributed by atoms with Crippen LogP contribution >= 0.6 is 11.6 Å². The van der Waals surface area contributed by atoms with Crippen LogP contribution in [-0.2, 0) is 9.53 Å². The van der Waals surface area contributed by atoms with Crippen LogP contribution in [0.2, 0.25) is 0 Å². The van der Waals surface area contributed by atoms with E-state index in [1.807, 2.05) is 31.2 Å². The molecule has 0 amide bonds. The molecule has 0 spiro atoms. The summed E-state index contributed by atoms with van der Waals surface area (Å²) in [6, 6.07) is 7.55. The van der Waals surface area contributed by atoms with Crippen LogP contribution in [0.1, 0.15) is 12.5 Å². The van der Waals surface area contributed by atoms with E-state index in [4.69, 9.17) is 11.6 Å². The van der Waals surface area contributed by atoms with Gasteiger partial charge in [-0.3, -0.25) is 5.43 Å². The SMILES string of the molecule is CCOC(=O)/C(Cl)=N/Nc1ccccc1C. The Labute approximate surface area is 99.2 Å². The lowest BCUT2D eigenvalue weighted by Crippen LogP contribution is -2.13. The summed E-state index contributed by atoms with van der Waals surface area (Å²) < 4.78 is 4.68. The van der Waals surface area contributed by atoms with Gasteiger partial charge in [0.05, 0.1) is 12.3 Å². The van der Waals surface area contributed by atoms with Gasteiger partial charge >= 0.3 is 5.97 Å². The number of aryl methyl sites for hydroxylation is 1. The van der Waals surface area contributed by atoms with Crippen molar-refractivity contribution in [2.75, 3.05) is 12.0 Å². The Bertz CT molecular complexity index is 405. The van der Waals surface area contributed by atoms with E-state index >= 15 is 0 Å². The number of halogens is 1. The first-order valence-corrected chi connectivity index (χ1v) is 5.25. The van der Waals surface area contributed by atoms with Gasteiger partial charge < -0.3 is 4.74 Å². The molecule has 86 valence electrons. The Hall–Kier alpha value is -1.55. The van der Waals surface area contributed by atoms with Crippen LogP contribution in [0.15, 0.2) is 29.4 Å². The zero-order chi connectivity index (χ0) is 12.0. The second kappa shape index (κ2) is 6.12. The van der Waals surface area contributed by atoms with Crippen molar-refractivity contribution in [1.29, 1.82) is 0 Å². The Morgan fingerprint density at radius 3 is 2.81 bits per heavy atom. The molecular weight excluding hydrogens is 228 g/mol. The first kappa shape index (κ1) is 12.5. The van der Waals surface area contributed by atoms with Gasteiger partial charge in [0.15, 0.2) is 0 Å². The predicted octanol–water partition coefficient (Wildman–Crippen LogP) is 2.52. The van der Waals surface area contributed by atoms with Gasteiger partial charge in [-0.2, -0.15) is 5.10 Å². The van der Waals surface area contributed by atoms with Gasteiger partial charge in [-0.15, -0.1) is 0 Å². The highest BCUT2D eigenvalue weighted by Crippen LogP contribution is 2.13. The molecule has 0 atom stereocenters. The molecule has 0 saturated heterocycles.